The van der Waals surface area contributed by atoms with Gasteiger partial charge in [-0.25, -0.2) is 4.39 Å². The monoisotopic (exact) mass is 410 g/mol. The molecule has 0 saturated carbocycles. The van der Waals surface area contributed by atoms with Crippen molar-refractivity contribution in [1.82, 2.24) is 10.2 Å². The molecule has 0 aromatic heterocycles. The summed E-state index contributed by atoms with van der Waals surface area (Å²) in [7, 11) is 0. The van der Waals surface area contributed by atoms with Gasteiger partial charge in [0.2, 0.25) is 0 Å². The predicted octanol–water partition coefficient (Wildman–Crippen LogP) is 4.20. The van der Waals surface area contributed by atoms with Crippen molar-refractivity contribution in [3.05, 3.63) is 71.5 Å². The molecule has 1 amide bonds. The van der Waals surface area contributed by atoms with Crippen LogP contribution < -0.4 is 5.32 Å². The lowest BCUT2D eigenvalue weighted by atomic mass is 9.88. The number of carbonyl (C=O) groups is 1. The molecule has 30 heavy (non-hydrogen) atoms. The number of hydrogen-bond donors (Lipinski definition) is 1. The lowest BCUT2D eigenvalue weighted by molar-refractivity contribution is -0.0754. The Morgan fingerprint density at radius 1 is 1.07 bits per heavy atom. The van der Waals surface area contributed by atoms with Crippen molar-refractivity contribution < 1.29 is 13.9 Å². The third-order valence-corrected chi connectivity index (χ3v) is 6.49. The predicted molar refractivity (Wildman–Crippen MR) is 116 cm³/mol. The van der Waals surface area contributed by atoms with Crippen LogP contribution >= 0.6 is 0 Å². The van der Waals surface area contributed by atoms with Gasteiger partial charge >= 0.3 is 0 Å². The lowest BCUT2D eigenvalue weighted by Gasteiger charge is -2.39. The highest BCUT2D eigenvalue weighted by Crippen LogP contribution is 2.38. The average Bonchev–Trinajstić information content (AvgIpc) is 3.17. The molecule has 1 N–H and O–H groups in total. The molecule has 2 aliphatic heterocycles. The molecule has 1 unspecified atom stereocenters. The quantitative estimate of drug-likeness (QED) is 0.744. The molecule has 2 aromatic rings. The zero-order valence-corrected chi connectivity index (χ0v) is 17.5. The number of nitrogens with zero attached hydrogens (tertiary/aromatic N) is 1. The fourth-order valence-electron chi connectivity index (χ4n) is 4.65. The number of halogens is 1. The van der Waals surface area contributed by atoms with Crippen LogP contribution in [0.25, 0.3) is 0 Å². The van der Waals surface area contributed by atoms with Crippen molar-refractivity contribution in [2.45, 2.75) is 50.2 Å². The molecule has 5 heteroatoms. The second-order valence-electron chi connectivity index (χ2n) is 8.61. The standard InChI is InChI=1S/C25H31FN2O2/c26-22-10-8-21(9-11-22)24(29)27-19-23-12-13-25(30-23)14-17-28(18-15-25)16-4-7-20-5-2-1-3-6-20/h1-3,5-6,8-11,23H,4,7,12-19H2,(H,27,29). The maximum atomic E-state index is 13.0. The largest absolute Gasteiger partial charge is 0.370 e. The van der Waals surface area contributed by atoms with Gasteiger partial charge in [-0.2, -0.15) is 0 Å². The van der Waals surface area contributed by atoms with Crippen LogP contribution in [-0.2, 0) is 11.2 Å². The molecule has 4 nitrogen and oxygen atoms in total. The van der Waals surface area contributed by atoms with Gasteiger partial charge in [-0.1, -0.05) is 30.3 Å². The first-order valence-corrected chi connectivity index (χ1v) is 11.1. The first-order chi connectivity index (χ1) is 14.6. The summed E-state index contributed by atoms with van der Waals surface area (Å²) in [5, 5.41) is 2.94. The van der Waals surface area contributed by atoms with Gasteiger partial charge in [0.25, 0.3) is 5.91 Å². The number of benzene rings is 2. The number of likely N-dealkylation sites (tertiary alicyclic amines) is 1. The van der Waals surface area contributed by atoms with E-state index < -0.39 is 0 Å². The average molecular weight is 411 g/mol. The summed E-state index contributed by atoms with van der Waals surface area (Å²) in [6.07, 6.45) is 6.59. The summed E-state index contributed by atoms with van der Waals surface area (Å²) < 4.78 is 19.4. The molecule has 0 radical (unpaired) electrons. The van der Waals surface area contributed by atoms with Crippen molar-refractivity contribution >= 4 is 5.91 Å². The molecular formula is C25H31FN2O2. The Bertz CT molecular complexity index is 817. The minimum atomic E-state index is -0.334. The van der Waals surface area contributed by atoms with Crippen LogP contribution in [0.1, 0.15) is 48.0 Å². The van der Waals surface area contributed by atoms with Crippen LogP contribution in [-0.4, -0.2) is 48.7 Å². The topological polar surface area (TPSA) is 41.6 Å². The van der Waals surface area contributed by atoms with E-state index in [4.69, 9.17) is 4.74 Å². The first-order valence-electron chi connectivity index (χ1n) is 11.1. The molecule has 2 aliphatic rings. The van der Waals surface area contributed by atoms with Gasteiger partial charge in [-0.15, -0.1) is 0 Å². The van der Waals surface area contributed by atoms with Crippen LogP contribution in [0.2, 0.25) is 0 Å². The van der Waals surface area contributed by atoms with Gasteiger partial charge in [-0.3, -0.25) is 4.79 Å². The zero-order chi connectivity index (χ0) is 20.8. The molecule has 160 valence electrons. The van der Waals surface area contributed by atoms with Crippen molar-refractivity contribution in [1.29, 1.82) is 0 Å². The number of piperidine rings is 1. The number of aryl methyl sites for hydroxylation is 1. The molecule has 0 bridgehead atoms. The van der Waals surface area contributed by atoms with Crippen molar-refractivity contribution in [2.24, 2.45) is 0 Å². The fraction of sp³-hybridized carbons (Fsp3) is 0.480. The fourth-order valence-corrected chi connectivity index (χ4v) is 4.65. The Morgan fingerprint density at radius 2 is 1.80 bits per heavy atom. The maximum absolute atomic E-state index is 13.0. The van der Waals surface area contributed by atoms with Crippen LogP contribution in [0.5, 0.6) is 0 Å². The van der Waals surface area contributed by atoms with Crippen LogP contribution in [0, 0.1) is 5.82 Å². The second kappa shape index (κ2) is 9.71. The molecule has 2 fully saturated rings. The van der Waals surface area contributed by atoms with E-state index in [0.29, 0.717) is 12.1 Å². The van der Waals surface area contributed by atoms with E-state index in [1.165, 1.54) is 36.2 Å². The summed E-state index contributed by atoms with van der Waals surface area (Å²) in [4.78, 5) is 14.8. The number of amides is 1. The molecule has 4 rings (SSSR count). The number of rotatable bonds is 7. The summed E-state index contributed by atoms with van der Waals surface area (Å²) in [6, 6.07) is 16.3. The molecule has 0 aliphatic carbocycles. The van der Waals surface area contributed by atoms with Crippen molar-refractivity contribution in [2.75, 3.05) is 26.2 Å². The molecule has 2 heterocycles. The van der Waals surface area contributed by atoms with Gasteiger partial charge in [0, 0.05) is 25.2 Å². The van der Waals surface area contributed by atoms with E-state index in [-0.39, 0.29) is 23.4 Å². The Labute approximate surface area is 178 Å². The highest BCUT2D eigenvalue weighted by Gasteiger charge is 2.42. The smallest absolute Gasteiger partial charge is 0.251 e. The Hall–Kier alpha value is -2.24. The zero-order valence-electron chi connectivity index (χ0n) is 17.5. The van der Waals surface area contributed by atoms with Gasteiger partial charge in [-0.05, 0) is 74.9 Å². The molecule has 2 saturated heterocycles. The molecule has 1 atom stereocenters. The Kier molecular flexibility index (Phi) is 6.80. The third-order valence-electron chi connectivity index (χ3n) is 6.49. The van der Waals surface area contributed by atoms with Gasteiger partial charge < -0.3 is 15.0 Å². The number of ether oxygens (including phenoxy) is 1. The van der Waals surface area contributed by atoms with Gasteiger partial charge in [0.15, 0.2) is 0 Å². The van der Waals surface area contributed by atoms with Crippen LogP contribution in [0.3, 0.4) is 0 Å². The summed E-state index contributed by atoms with van der Waals surface area (Å²) in [6.45, 7) is 3.83. The number of nitrogens with one attached hydrogen (secondary N) is 1. The highest BCUT2D eigenvalue weighted by molar-refractivity contribution is 5.94. The van der Waals surface area contributed by atoms with Crippen LogP contribution in [0.15, 0.2) is 54.6 Å². The maximum Gasteiger partial charge on any atom is 0.251 e. The Balaban J connectivity index is 1.16. The normalized spacial score (nSPS) is 21.0. The lowest BCUT2D eigenvalue weighted by Crippen LogP contribution is -2.45. The number of hydrogen-bond acceptors (Lipinski definition) is 3. The SMILES string of the molecule is O=C(NCC1CCC2(CCN(CCCc3ccccc3)CC2)O1)c1ccc(F)cc1. The van der Waals surface area contributed by atoms with E-state index in [1.54, 1.807) is 0 Å². The van der Waals surface area contributed by atoms with E-state index in [1.807, 2.05) is 0 Å². The van der Waals surface area contributed by atoms with E-state index in [2.05, 4.69) is 40.5 Å². The number of carbonyl (C=O) groups excluding carboxylic acids is 1. The van der Waals surface area contributed by atoms with Gasteiger partial charge in [0.05, 0.1) is 11.7 Å². The highest BCUT2D eigenvalue weighted by atomic mass is 19.1. The minimum absolute atomic E-state index is 0.0127. The Morgan fingerprint density at radius 3 is 2.53 bits per heavy atom. The third kappa shape index (κ3) is 5.46. The van der Waals surface area contributed by atoms with E-state index in [0.717, 1.165) is 51.7 Å². The summed E-state index contributed by atoms with van der Waals surface area (Å²) in [5.74, 6) is -0.508. The van der Waals surface area contributed by atoms with E-state index >= 15 is 0 Å². The summed E-state index contributed by atoms with van der Waals surface area (Å²) >= 11 is 0. The molecular weight excluding hydrogens is 379 g/mol. The summed E-state index contributed by atoms with van der Waals surface area (Å²) in [5.41, 5.74) is 1.88. The second-order valence-corrected chi connectivity index (χ2v) is 8.61. The van der Waals surface area contributed by atoms with Crippen LogP contribution in [0.4, 0.5) is 4.39 Å². The van der Waals surface area contributed by atoms with Crippen molar-refractivity contribution in [3.8, 4) is 0 Å². The van der Waals surface area contributed by atoms with Gasteiger partial charge in [0.1, 0.15) is 5.82 Å². The molecule has 1 spiro atoms. The van der Waals surface area contributed by atoms with E-state index in [9.17, 15) is 9.18 Å². The molecule has 2 aromatic carbocycles. The van der Waals surface area contributed by atoms with Crippen molar-refractivity contribution in [3.63, 3.8) is 0 Å². The first kappa shape index (κ1) is 21.0. The minimum Gasteiger partial charge on any atom is -0.370 e.